The maximum atomic E-state index is 11.9. The summed E-state index contributed by atoms with van der Waals surface area (Å²) in [6.45, 7) is 6.79. The predicted molar refractivity (Wildman–Crippen MR) is 61.6 cm³/mol. The first-order chi connectivity index (χ1) is 6.65. The Bertz CT molecular complexity index is 199. The molecule has 1 N–H and O–H groups in total. The molecule has 0 aromatic rings. The van der Waals surface area contributed by atoms with E-state index >= 15 is 0 Å². The lowest BCUT2D eigenvalue weighted by molar-refractivity contribution is -0.135. The Hall–Kier alpha value is -0.220. The van der Waals surface area contributed by atoms with Crippen molar-refractivity contribution < 1.29 is 4.79 Å². The highest BCUT2D eigenvalue weighted by molar-refractivity contribution is 7.98. The topological polar surface area (TPSA) is 32.3 Å². The molecule has 14 heavy (non-hydrogen) atoms. The van der Waals surface area contributed by atoms with Gasteiger partial charge >= 0.3 is 0 Å². The third-order valence-corrected chi connectivity index (χ3v) is 3.35. The molecule has 4 heteroatoms. The number of nitrogens with zero attached hydrogens (tertiary/aromatic N) is 1. The van der Waals surface area contributed by atoms with Gasteiger partial charge in [-0.25, -0.2) is 0 Å². The van der Waals surface area contributed by atoms with Gasteiger partial charge in [0.2, 0.25) is 5.91 Å². The average Bonchev–Trinajstić information content (AvgIpc) is 2.17. The van der Waals surface area contributed by atoms with Gasteiger partial charge in [-0.3, -0.25) is 4.79 Å². The fourth-order valence-corrected chi connectivity index (χ4v) is 2.41. The van der Waals surface area contributed by atoms with E-state index in [9.17, 15) is 4.79 Å². The van der Waals surface area contributed by atoms with Crippen LogP contribution < -0.4 is 5.32 Å². The van der Waals surface area contributed by atoms with Crippen LogP contribution in [0.5, 0.6) is 0 Å². The van der Waals surface area contributed by atoms with Crippen LogP contribution >= 0.6 is 11.8 Å². The highest BCUT2D eigenvalue weighted by Crippen LogP contribution is 2.10. The van der Waals surface area contributed by atoms with Gasteiger partial charge in [0.1, 0.15) is 0 Å². The van der Waals surface area contributed by atoms with Crippen LogP contribution in [0.15, 0.2) is 0 Å². The molecule has 0 bridgehead atoms. The van der Waals surface area contributed by atoms with Crippen molar-refractivity contribution in [3.05, 3.63) is 0 Å². The van der Waals surface area contributed by atoms with Gasteiger partial charge in [0.05, 0.1) is 0 Å². The molecule has 1 saturated heterocycles. The summed E-state index contributed by atoms with van der Waals surface area (Å²) in [5.74, 6) is 1.40. The standard InChI is InChI=1S/C10H20N2OS/c1-8(7-14-3)10(13)12-5-4-11-9(2)6-12/h8-9,11H,4-7H2,1-3H3. The van der Waals surface area contributed by atoms with Gasteiger partial charge in [-0.05, 0) is 13.2 Å². The van der Waals surface area contributed by atoms with Crippen molar-refractivity contribution >= 4 is 17.7 Å². The van der Waals surface area contributed by atoms with Gasteiger partial charge in [-0.1, -0.05) is 6.92 Å². The Morgan fingerprint density at radius 2 is 2.43 bits per heavy atom. The summed E-state index contributed by atoms with van der Waals surface area (Å²) in [5, 5.41) is 3.34. The van der Waals surface area contributed by atoms with E-state index in [1.165, 1.54) is 0 Å². The molecule has 0 aromatic carbocycles. The fraction of sp³-hybridized carbons (Fsp3) is 0.900. The zero-order valence-electron chi connectivity index (χ0n) is 9.25. The molecule has 0 radical (unpaired) electrons. The number of rotatable bonds is 3. The summed E-state index contributed by atoms with van der Waals surface area (Å²) in [5.41, 5.74) is 0. The largest absolute Gasteiger partial charge is 0.340 e. The molecular formula is C10H20N2OS. The first-order valence-corrected chi connectivity index (χ1v) is 6.55. The minimum atomic E-state index is 0.162. The molecule has 1 rings (SSSR count). The predicted octanol–water partition coefficient (Wildman–Crippen LogP) is 0.806. The smallest absolute Gasteiger partial charge is 0.226 e. The lowest BCUT2D eigenvalue weighted by Crippen LogP contribution is -2.52. The molecule has 1 heterocycles. The number of carbonyl (C=O) groups is 1. The zero-order valence-corrected chi connectivity index (χ0v) is 10.1. The van der Waals surface area contributed by atoms with Gasteiger partial charge in [-0.2, -0.15) is 11.8 Å². The van der Waals surface area contributed by atoms with Crippen LogP contribution in [0.2, 0.25) is 0 Å². The minimum Gasteiger partial charge on any atom is -0.340 e. The molecule has 0 aromatic heterocycles. The van der Waals surface area contributed by atoms with E-state index in [-0.39, 0.29) is 5.92 Å². The summed E-state index contributed by atoms with van der Waals surface area (Å²) in [4.78, 5) is 13.9. The van der Waals surface area contributed by atoms with E-state index in [1.807, 2.05) is 18.1 Å². The lowest BCUT2D eigenvalue weighted by atomic mass is 10.1. The Morgan fingerprint density at radius 3 is 3.00 bits per heavy atom. The van der Waals surface area contributed by atoms with E-state index in [1.54, 1.807) is 11.8 Å². The Balaban J connectivity index is 2.42. The number of hydrogen-bond donors (Lipinski definition) is 1. The minimum absolute atomic E-state index is 0.162. The van der Waals surface area contributed by atoms with E-state index in [4.69, 9.17) is 0 Å². The van der Waals surface area contributed by atoms with Gasteiger partial charge in [0.25, 0.3) is 0 Å². The normalized spacial score (nSPS) is 24.8. The number of hydrogen-bond acceptors (Lipinski definition) is 3. The second-order valence-corrected chi connectivity index (χ2v) is 4.91. The van der Waals surface area contributed by atoms with E-state index in [2.05, 4.69) is 12.2 Å². The summed E-state index contributed by atoms with van der Waals surface area (Å²) in [6.07, 6.45) is 2.05. The summed E-state index contributed by atoms with van der Waals surface area (Å²) >= 11 is 1.74. The highest BCUT2D eigenvalue weighted by atomic mass is 32.2. The molecule has 0 spiro atoms. The molecule has 0 saturated carbocycles. The van der Waals surface area contributed by atoms with E-state index < -0.39 is 0 Å². The van der Waals surface area contributed by atoms with Crippen molar-refractivity contribution in [1.29, 1.82) is 0 Å². The summed E-state index contributed by atoms with van der Waals surface area (Å²) in [6, 6.07) is 0.439. The van der Waals surface area contributed by atoms with Crippen LogP contribution in [0.1, 0.15) is 13.8 Å². The van der Waals surface area contributed by atoms with Crippen molar-refractivity contribution in [1.82, 2.24) is 10.2 Å². The van der Waals surface area contributed by atoms with Crippen molar-refractivity contribution in [2.45, 2.75) is 19.9 Å². The van der Waals surface area contributed by atoms with Crippen molar-refractivity contribution in [2.75, 3.05) is 31.6 Å². The molecule has 2 atom stereocenters. The maximum Gasteiger partial charge on any atom is 0.226 e. The quantitative estimate of drug-likeness (QED) is 0.757. The van der Waals surface area contributed by atoms with Crippen LogP contribution in [0.3, 0.4) is 0 Å². The van der Waals surface area contributed by atoms with Crippen LogP contribution in [0.4, 0.5) is 0 Å². The number of piperazine rings is 1. The Morgan fingerprint density at radius 1 is 1.71 bits per heavy atom. The Kier molecular flexibility index (Phi) is 4.75. The second kappa shape index (κ2) is 5.61. The molecule has 82 valence electrons. The van der Waals surface area contributed by atoms with Crippen LogP contribution in [0, 0.1) is 5.92 Å². The first kappa shape index (κ1) is 11.9. The summed E-state index contributed by atoms with van der Waals surface area (Å²) in [7, 11) is 0. The number of amides is 1. The molecule has 2 unspecified atom stereocenters. The van der Waals surface area contributed by atoms with Crippen LogP contribution in [-0.2, 0) is 4.79 Å². The molecule has 0 aliphatic carbocycles. The fourth-order valence-electron chi connectivity index (χ4n) is 1.77. The first-order valence-electron chi connectivity index (χ1n) is 5.16. The number of thioether (sulfide) groups is 1. The second-order valence-electron chi connectivity index (χ2n) is 4.00. The monoisotopic (exact) mass is 216 g/mol. The van der Waals surface area contributed by atoms with E-state index in [0.717, 1.165) is 25.4 Å². The van der Waals surface area contributed by atoms with Crippen LogP contribution in [0.25, 0.3) is 0 Å². The molecule has 3 nitrogen and oxygen atoms in total. The van der Waals surface area contributed by atoms with Gasteiger partial charge in [-0.15, -0.1) is 0 Å². The third kappa shape index (κ3) is 3.17. The van der Waals surface area contributed by atoms with Crippen molar-refractivity contribution in [3.63, 3.8) is 0 Å². The van der Waals surface area contributed by atoms with E-state index in [0.29, 0.717) is 11.9 Å². The molecule has 1 amide bonds. The van der Waals surface area contributed by atoms with Gasteiger partial charge in [0.15, 0.2) is 0 Å². The van der Waals surface area contributed by atoms with Gasteiger partial charge < -0.3 is 10.2 Å². The third-order valence-electron chi connectivity index (χ3n) is 2.52. The molecule has 1 aliphatic heterocycles. The summed E-state index contributed by atoms with van der Waals surface area (Å²) < 4.78 is 0. The number of nitrogens with one attached hydrogen (secondary N) is 1. The van der Waals surface area contributed by atoms with Crippen LogP contribution in [-0.4, -0.2) is 48.5 Å². The molecule has 1 aliphatic rings. The maximum absolute atomic E-state index is 11.9. The zero-order chi connectivity index (χ0) is 10.6. The lowest BCUT2D eigenvalue weighted by Gasteiger charge is -2.33. The van der Waals surface area contributed by atoms with Crippen molar-refractivity contribution in [3.8, 4) is 0 Å². The average molecular weight is 216 g/mol. The molecular weight excluding hydrogens is 196 g/mol. The Labute approximate surface area is 90.6 Å². The van der Waals surface area contributed by atoms with Crippen molar-refractivity contribution in [2.24, 2.45) is 5.92 Å². The molecule has 1 fully saturated rings. The SMILES string of the molecule is CSCC(C)C(=O)N1CCNC(C)C1. The highest BCUT2D eigenvalue weighted by Gasteiger charge is 2.23. The number of carbonyl (C=O) groups excluding carboxylic acids is 1. The van der Waals surface area contributed by atoms with Gasteiger partial charge in [0, 0.05) is 37.3 Å².